The molecular formula is C20H17FN2O3. The lowest BCUT2D eigenvalue weighted by atomic mass is 10.1. The Morgan fingerprint density at radius 2 is 1.92 bits per heavy atom. The lowest BCUT2D eigenvalue weighted by molar-refractivity contribution is -0.123. The second-order valence-corrected chi connectivity index (χ2v) is 5.88. The number of benzene rings is 2. The Bertz CT molecular complexity index is 982. The number of esters is 1. The molecule has 0 saturated heterocycles. The fourth-order valence-electron chi connectivity index (χ4n) is 2.46. The monoisotopic (exact) mass is 352 g/mol. The van der Waals surface area contributed by atoms with Gasteiger partial charge in [0.2, 0.25) is 0 Å². The minimum absolute atomic E-state index is 0.282. The summed E-state index contributed by atoms with van der Waals surface area (Å²) in [7, 11) is 0. The molecule has 0 saturated carbocycles. The maximum absolute atomic E-state index is 13.6. The van der Waals surface area contributed by atoms with Crippen molar-refractivity contribution in [3.8, 4) is 0 Å². The van der Waals surface area contributed by atoms with Gasteiger partial charge in [-0.05, 0) is 43.7 Å². The first-order chi connectivity index (χ1) is 12.5. The molecule has 0 aliphatic heterocycles. The van der Waals surface area contributed by atoms with Crippen molar-refractivity contribution in [2.75, 3.05) is 5.32 Å². The van der Waals surface area contributed by atoms with Gasteiger partial charge in [0.05, 0.1) is 11.1 Å². The zero-order valence-electron chi connectivity index (χ0n) is 14.3. The Kier molecular flexibility index (Phi) is 4.93. The van der Waals surface area contributed by atoms with Crippen molar-refractivity contribution in [2.45, 2.75) is 20.0 Å². The Morgan fingerprint density at radius 3 is 2.69 bits per heavy atom. The van der Waals surface area contributed by atoms with Crippen LogP contribution in [-0.4, -0.2) is 23.0 Å². The minimum Gasteiger partial charge on any atom is -0.449 e. The van der Waals surface area contributed by atoms with Crippen LogP contribution in [-0.2, 0) is 9.53 Å². The Hall–Kier alpha value is -3.28. The molecule has 0 fully saturated rings. The molecule has 3 rings (SSSR count). The summed E-state index contributed by atoms with van der Waals surface area (Å²) >= 11 is 0. The zero-order valence-corrected chi connectivity index (χ0v) is 14.3. The Morgan fingerprint density at radius 1 is 1.15 bits per heavy atom. The van der Waals surface area contributed by atoms with E-state index in [1.54, 1.807) is 43.5 Å². The average Bonchev–Trinajstić information content (AvgIpc) is 2.64. The average molecular weight is 352 g/mol. The van der Waals surface area contributed by atoms with Crippen LogP contribution in [0.15, 0.2) is 54.7 Å². The van der Waals surface area contributed by atoms with Gasteiger partial charge in [0.15, 0.2) is 6.10 Å². The number of aromatic nitrogens is 1. The van der Waals surface area contributed by atoms with Gasteiger partial charge in [-0.1, -0.05) is 24.3 Å². The molecule has 1 amide bonds. The molecule has 0 bridgehead atoms. The molecular weight excluding hydrogens is 335 g/mol. The third-order valence-corrected chi connectivity index (χ3v) is 3.95. The summed E-state index contributed by atoms with van der Waals surface area (Å²) in [6, 6.07) is 13.1. The van der Waals surface area contributed by atoms with E-state index >= 15 is 0 Å². The van der Waals surface area contributed by atoms with E-state index in [9.17, 15) is 14.0 Å². The number of halogens is 1. The summed E-state index contributed by atoms with van der Waals surface area (Å²) in [4.78, 5) is 28.8. The van der Waals surface area contributed by atoms with E-state index in [0.29, 0.717) is 16.8 Å². The number of para-hydroxylation sites is 1. The lowest BCUT2D eigenvalue weighted by Gasteiger charge is -2.14. The molecule has 0 aliphatic carbocycles. The highest BCUT2D eigenvalue weighted by Crippen LogP contribution is 2.18. The van der Waals surface area contributed by atoms with Crippen LogP contribution in [0.2, 0.25) is 0 Å². The maximum atomic E-state index is 13.6. The van der Waals surface area contributed by atoms with E-state index in [2.05, 4.69) is 10.3 Å². The topological polar surface area (TPSA) is 68.3 Å². The van der Waals surface area contributed by atoms with Crippen LogP contribution in [0, 0.1) is 12.7 Å². The van der Waals surface area contributed by atoms with Crippen molar-refractivity contribution in [2.24, 2.45) is 0 Å². The summed E-state index contributed by atoms with van der Waals surface area (Å²) in [5.74, 6) is -1.61. The van der Waals surface area contributed by atoms with Gasteiger partial charge in [-0.25, -0.2) is 9.18 Å². The third-order valence-electron chi connectivity index (χ3n) is 3.95. The first kappa shape index (κ1) is 17.5. The van der Waals surface area contributed by atoms with Gasteiger partial charge < -0.3 is 10.1 Å². The number of anilines is 1. The number of carbonyl (C=O) groups is 2. The van der Waals surface area contributed by atoms with Crippen LogP contribution in [0.25, 0.3) is 10.9 Å². The van der Waals surface area contributed by atoms with Crippen molar-refractivity contribution in [3.05, 3.63) is 71.7 Å². The van der Waals surface area contributed by atoms with Gasteiger partial charge in [0, 0.05) is 17.3 Å². The highest BCUT2D eigenvalue weighted by Gasteiger charge is 2.21. The number of pyridine rings is 1. The quantitative estimate of drug-likeness (QED) is 0.724. The summed E-state index contributed by atoms with van der Waals surface area (Å²) in [6.45, 7) is 3.08. The summed E-state index contributed by atoms with van der Waals surface area (Å²) in [5, 5.41) is 3.33. The zero-order chi connectivity index (χ0) is 18.7. The van der Waals surface area contributed by atoms with Crippen LogP contribution in [0.5, 0.6) is 0 Å². The van der Waals surface area contributed by atoms with Crippen LogP contribution in [0.3, 0.4) is 0 Å². The van der Waals surface area contributed by atoms with Crippen LogP contribution in [0.4, 0.5) is 10.1 Å². The predicted molar refractivity (Wildman–Crippen MR) is 96.4 cm³/mol. The standard InChI is InChI=1S/C20H17FN2O3/c1-12-8-9-15(11-17(12)21)23-19(24)13(2)26-20(25)16-7-3-5-14-6-4-10-22-18(14)16/h3-11,13H,1-2H3,(H,23,24)/t13-/m0/s1. The number of rotatable bonds is 4. The number of fused-ring (bicyclic) bond motifs is 1. The van der Waals surface area contributed by atoms with Crippen molar-refractivity contribution < 1.29 is 18.7 Å². The number of hydrogen-bond acceptors (Lipinski definition) is 4. The molecule has 1 heterocycles. The van der Waals surface area contributed by atoms with Gasteiger partial charge >= 0.3 is 5.97 Å². The number of carbonyl (C=O) groups excluding carboxylic acids is 2. The highest BCUT2D eigenvalue weighted by atomic mass is 19.1. The van der Waals surface area contributed by atoms with Crippen LogP contribution in [0.1, 0.15) is 22.8 Å². The van der Waals surface area contributed by atoms with Crippen LogP contribution >= 0.6 is 0 Å². The van der Waals surface area contributed by atoms with E-state index in [-0.39, 0.29) is 5.56 Å². The molecule has 1 N–H and O–H groups in total. The number of nitrogens with zero attached hydrogens (tertiary/aromatic N) is 1. The van der Waals surface area contributed by atoms with E-state index in [1.807, 2.05) is 12.1 Å². The number of amides is 1. The lowest BCUT2D eigenvalue weighted by Crippen LogP contribution is -2.30. The molecule has 0 radical (unpaired) electrons. The minimum atomic E-state index is -1.05. The molecule has 2 aromatic carbocycles. The van der Waals surface area contributed by atoms with E-state index < -0.39 is 23.8 Å². The van der Waals surface area contributed by atoms with E-state index in [4.69, 9.17) is 4.74 Å². The predicted octanol–water partition coefficient (Wildman–Crippen LogP) is 3.87. The molecule has 0 aliphatic rings. The van der Waals surface area contributed by atoms with E-state index in [1.165, 1.54) is 13.0 Å². The smallest absolute Gasteiger partial charge is 0.341 e. The first-order valence-electron chi connectivity index (χ1n) is 8.07. The molecule has 6 heteroatoms. The second kappa shape index (κ2) is 7.31. The van der Waals surface area contributed by atoms with Gasteiger partial charge in [-0.3, -0.25) is 9.78 Å². The summed E-state index contributed by atoms with van der Waals surface area (Å²) < 4.78 is 18.8. The number of aryl methyl sites for hydroxylation is 1. The normalized spacial score (nSPS) is 11.8. The summed E-state index contributed by atoms with van der Waals surface area (Å²) in [5.41, 5.74) is 1.57. The SMILES string of the molecule is Cc1ccc(NC(=O)[C@H](C)OC(=O)c2cccc3cccnc23)cc1F. The van der Waals surface area contributed by atoms with Crippen molar-refractivity contribution in [3.63, 3.8) is 0 Å². The molecule has 1 atom stereocenters. The van der Waals surface area contributed by atoms with Gasteiger partial charge in [-0.15, -0.1) is 0 Å². The van der Waals surface area contributed by atoms with Crippen LogP contribution < -0.4 is 5.32 Å². The number of hydrogen-bond donors (Lipinski definition) is 1. The van der Waals surface area contributed by atoms with Gasteiger partial charge in [-0.2, -0.15) is 0 Å². The summed E-state index contributed by atoms with van der Waals surface area (Å²) in [6.07, 6.45) is 0.534. The largest absolute Gasteiger partial charge is 0.449 e. The fourth-order valence-corrected chi connectivity index (χ4v) is 2.46. The molecule has 0 unspecified atom stereocenters. The molecule has 3 aromatic rings. The first-order valence-corrected chi connectivity index (χ1v) is 8.07. The van der Waals surface area contributed by atoms with E-state index in [0.717, 1.165) is 5.39 Å². The van der Waals surface area contributed by atoms with Crippen molar-refractivity contribution in [1.82, 2.24) is 4.98 Å². The molecule has 5 nitrogen and oxygen atoms in total. The highest BCUT2D eigenvalue weighted by molar-refractivity contribution is 6.04. The third kappa shape index (κ3) is 3.69. The molecule has 132 valence electrons. The molecule has 26 heavy (non-hydrogen) atoms. The molecule has 0 spiro atoms. The Labute approximate surface area is 149 Å². The maximum Gasteiger partial charge on any atom is 0.341 e. The van der Waals surface area contributed by atoms with Crippen molar-refractivity contribution >= 4 is 28.5 Å². The second-order valence-electron chi connectivity index (χ2n) is 5.88. The molecule has 1 aromatic heterocycles. The fraction of sp³-hybridized carbons (Fsp3) is 0.150. The Balaban J connectivity index is 1.72. The van der Waals surface area contributed by atoms with Crippen molar-refractivity contribution in [1.29, 1.82) is 0 Å². The van der Waals surface area contributed by atoms with Gasteiger partial charge in [0.1, 0.15) is 5.82 Å². The number of ether oxygens (including phenoxy) is 1. The number of nitrogens with one attached hydrogen (secondary N) is 1. The van der Waals surface area contributed by atoms with Gasteiger partial charge in [0.25, 0.3) is 5.91 Å².